The first-order chi connectivity index (χ1) is 19.8. The highest BCUT2D eigenvalue weighted by Crippen LogP contribution is 2.45. The molecule has 2 heteroatoms. The Balaban J connectivity index is 1.37. The summed E-state index contributed by atoms with van der Waals surface area (Å²) in [7, 11) is 0. The average molecular weight is 528 g/mol. The Hall–Kier alpha value is -4.92. The molecule has 1 heterocycles. The zero-order valence-electron chi connectivity index (χ0n) is 21.8. The first kappa shape index (κ1) is 23.0. The third-order valence-corrected chi connectivity index (χ3v) is 9.05. The topological polar surface area (TPSA) is 3.24 Å². The highest BCUT2D eigenvalue weighted by Gasteiger charge is 2.18. The maximum absolute atomic E-state index is 2.38. The average Bonchev–Trinajstić information content (AvgIpc) is 3.41. The Kier molecular flexibility index (Phi) is 5.39. The summed E-state index contributed by atoms with van der Waals surface area (Å²) < 4.78 is 2.70. The van der Waals surface area contributed by atoms with Crippen LogP contribution in [0.4, 0.5) is 17.1 Å². The number of hydrogen-bond acceptors (Lipinski definition) is 2. The fraction of sp³-hybridized carbons (Fsp3) is 0. The second-order valence-corrected chi connectivity index (χ2v) is 11.2. The van der Waals surface area contributed by atoms with Crippen LogP contribution in [0, 0.1) is 0 Å². The largest absolute Gasteiger partial charge is 0.310 e. The second-order valence-electron chi connectivity index (χ2n) is 10.2. The van der Waals surface area contributed by atoms with Crippen molar-refractivity contribution in [2.75, 3.05) is 4.90 Å². The molecule has 8 aromatic rings. The zero-order chi connectivity index (χ0) is 26.5. The maximum atomic E-state index is 2.38. The number of benzene rings is 7. The van der Waals surface area contributed by atoms with E-state index in [4.69, 9.17) is 0 Å². The molecule has 1 nitrogen and oxygen atoms in total. The van der Waals surface area contributed by atoms with Crippen LogP contribution < -0.4 is 4.90 Å². The molecular weight excluding hydrogens is 502 g/mol. The highest BCUT2D eigenvalue weighted by molar-refractivity contribution is 7.26. The predicted octanol–water partition coefficient (Wildman–Crippen LogP) is 11.5. The molecule has 7 aromatic carbocycles. The van der Waals surface area contributed by atoms with E-state index in [1.165, 1.54) is 58.5 Å². The van der Waals surface area contributed by atoms with Gasteiger partial charge < -0.3 is 4.90 Å². The quantitative estimate of drug-likeness (QED) is 0.206. The summed E-state index contributed by atoms with van der Waals surface area (Å²) in [5.74, 6) is 0. The van der Waals surface area contributed by atoms with Crippen LogP contribution in [-0.4, -0.2) is 0 Å². The molecule has 0 atom stereocenters. The predicted molar refractivity (Wildman–Crippen MR) is 174 cm³/mol. The van der Waals surface area contributed by atoms with Gasteiger partial charge in [0.25, 0.3) is 0 Å². The molecule has 0 aliphatic heterocycles. The van der Waals surface area contributed by atoms with Gasteiger partial charge >= 0.3 is 0 Å². The lowest BCUT2D eigenvalue weighted by molar-refractivity contribution is 1.30. The molecule has 0 aliphatic carbocycles. The monoisotopic (exact) mass is 527 g/mol. The summed E-state index contributed by atoms with van der Waals surface area (Å²) in [6.07, 6.45) is 0. The van der Waals surface area contributed by atoms with E-state index in [-0.39, 0.29) is 0 Å². The lowest BCUT2D eigenvalue weighted by atomic mass is 9.98. The van der Waals surface area contributed by atoms with Gasteiger partial charge in [0.05, 0.1) is 5.69 Å². The molecule has 0 amide bonds. The summed E-state index contributed by atoms with van der Waals surface area (Å²) >= 11 is 1.90. The molecule has 8 rings (SSSR count). The van der Waals surface area contributed by atoms with Gasteiger partial charge in [-0.3, -0.25) is 0 Å². The van der Waals surface area contributed by atoms with Gasteiger partial charge in [-0.05, 0) is 58.3 Å². The number of thiophene rings is 1. The second kappa shape index (κ2) is 9.37. The van der Waals surface area contributed by atoms with Gasteiger partial charge in [0.2, 0.25) is 0 Å². The van der Waals surface area contributed by atoms with Gasteiger partial charge in [0.1, 0.15) is 0 Å². The summed E-state index contributed by atoms with van der Waals surface area (Å²) in [5, 5.41) is 7.82. The third-order valence-electron chi connectivity index (χ3n) is 7.85. The minimum Gasteiger partial charge on any atom is -0.310 e. The van der Waals surface area contributed by atoms with Crippen LogP contribution in [0.1, 0.15) is 0 Å². The summed E-state index contributed by atoms with van der Waals surface area (Å²) in [6, 6.07) is 54.8. The van der Waals surface area contributed by atoms with Crippen molar-refractivity contribution < 1.29 is 0 Å². The Labute approximate surface area is 237 Å². The Morgan fingerprint density at radius 1 is 0.400 bits per heavy atom. The van der Waals surface area contributed by atoms with E-state index in [9.17, 15) is 0 Å². The van der Waals surface area contributed by atoms with E-state index in [1.54, 1.807) is 0 Å². The number of hydrogen-bond donors (Lipinski definition) is 0. The van der Waals surface area contributed by atoms with Crippen molar-refractivity contribution in [1.82, 2.24) is 0 Å². The Morgan fingerprint density at radius 3 is 1.82 bits per heavy atom. The van der Waals surface area contributed by atoms with E-state index < -0.39 is 0 Å². The maximum Gasteiger partial charge on any atom is 0.0540 e. The fourth-order valence-electron chi connectivity index (χ4n) is 5.97. The van der Waals surface area contributed by atoms with Gasteiger partial charge in [-0.25, -0.2) is 0 Å². The van der Waals surface area contributed by atoms with E-state index >= 15 is 0 Å². The van der Waals surface area contributed by atoms with E-state index in [0.29, 0.717) is 0 Å². The van der Waals surface area contributed by atoms with Crippen molar-refractivity contribution in [2.24, 2.45) is 0 Å². The van der Waals surface area contributed by atoms with E-state index in [2.05, 4.69) is 157 Å². The number of anilines is 3. The lowest BCUT2D eigenvalue weighted by Crippen LogP contribution is -2.10. The van der Waals surface area contributed by atoms with Crippen LogP contribution in [0.3, 0.4) is 0 Å². The minimum absolute atomic E-state index is 1.14. The molecule has 0 fully saturated rings. The van der Waals surface area contributed by atoms with Crippen LogP contribution in [0.5, 0.6) is 0 Å². The van der Waals surface area contributed by atoms with Gasteiger partial charge in [-0.15, -0.1) is 11.3 Å². The van der Waals surface area contributed by atoms with Crippen molar-refractivity contribution in [3.63, 3.8) is 0 Å². The standard InChI is InChI=1S/C38H25NS/c1-3-10-26(11-4-1)27-18-22-30(23-19-27)39(29-12-5-2-6-13-29)35-16-9-15-33-31(35)24-20-28-21-25-34-32-14-7-8-17-36(32)40-38(34)37(28)33/h1-25H. The number of rotatable bonds is 4. The molecule has 0 bridgehead atoms. The Morgan fingerprint density at radius 2 is 1.02 bits per heavy atom. The first-order valence-electron chi connectivity index (χ1n) is 13.6. The smallest absolute Gasteiger partial charge is 0.0540 e. The van der Waals surface area contributed by atoms with Crippen LogP contribution in [0.15, 0.2) is 152 Å². The molecule has 0 spiro atoms. The molecule has 0 unspecified atom stereocenters. The van der Waals surface area contributed by atoms with Gasteiger partial charge in [0, 0.05) is 42.3 Å². The molecule has 0 saturated carbocycles. The number of fused-ring (bicyclic) bond motifs is 7. The first-order valence-corrected chi connectivity index (χ1v) is 14.4. The van der Waals surface area contributed by atoms with Crippen molar-refractivity contribution in [3.05, 3.63) is 152 Å². The van der Waals surface area contributed by atoms with Crippen molar-refractivity contribution >= 4 is 70.1 Å². The Bertz CT molecular complexity index is 2140. The van der Waals surface area contributed by atoms with E-state index in [0.717, 1.165) is 11.4 Å². The SMILES string of the molecule is c1ccc(-c2ccc(N(c3ccccc3)c3cccc4c3ccc3ccc5c6ccccc6sc5c34)cc2)cc1. The van der Waals surface area contributed by atoms with Crippen molar-refractivity contribution in [2.45, 2.75) is 0 Å². The minimum atomic E-state index is 1.14. The number of para-hydroxylation sites is 1. The van der Waals surface area contributed by atoms with Gasteiger partial charge in [-0.1, -0.05) is 115 Å². The lowest BCUT2D eigenvalue weighted by Gasteiger charge is -2.27. The van der Waals surface area contributed by atoms with Crippen LogP contribution in [-0.2, 0) is 0 Å². The molecule has 188 valence electrons. The van der Waals surface area contributed by atoms with Crippen molar-refractivity contribution in [1.29, 1.82) is 0 Å². The summed E-state index contributed by atoms with van der Waals surface area (Å²) in [4.78, 5) is 2.38. The molecule has 40 heavy (non-hydrogen) atoms. The third kappa shape index (κ3) is 3.69. The van der Waals surface area contributed by atoms with E-state index in [1.807, 2.05) is 11.3 Å². The zero-order valence-corrected chi connectivity index (χ0v) is 22.6. The van der Waals surface area contributed by atoms with Crippen molar-refractivity contribution in [3.8, 4) is 11.1 Å². The normalized spacial score (nSPS) is 11.5. The molecule has 1 aromatic heterocycles. The van der Waals surface area contributed by atoms with Crippen LogP contribution in [0.2, 0.25) is 0 Å². The molecule has 0 aliphatic rings. The van der Waals surface area contributed by atoms with Crippen LogP contribution in [0.25, 0.3) is 52.8 Å². The number of nitrogens with zero attached hydrogens (tertiary/aromatic N) is 1. The van der Waals surface area contributed by atoms with Crippen LogP contribution >= 0.6 is 11.3 Å². The molecule has 0 saturated heterocycles. The highest BCUT2D eigenvalue weighted by atomic mass is 32.1. The fourth-order valence-corrected chi connectivity index (χ4v) is 7.25. The van der Waals surface area contributed by atoms with Gasteiger partial charge in [0.15, 0.2) is 0 Å². The molecule has 0 N–H and O–H groups in total. The van der Waals surface area contributed by atoms with Gasteiger partial charge in [-0.2, -0.15) is 0 Å². The summed E-state index contributed by atoms with van der Waals surface area (Å²) in [6.45, 7) is 0. The molecule has 0 radical (unpaired) electrons. The molecular formula is C38H25NS. The summed E-state index contributed by atoms with van der Waals surface area (Å²) in [5.41, 5.74) is 5.90.